The molecule has 0 aromatic carbocycles. The molecule has 132 valence electrons. The van der Waals surface area contributed by atoms with E-state index in [1.54, 1.807) is 19.4 Å². The second kappa shape index (κ2) is 6.06. The van der Waals surface area contributed by atoms with Gasteiger partial charge in [-0.2, -0.15) is 4.98 Å². The standard InChI is InChI=1S/C18H22N4O3/c1-11-6-15(12(2)25-11)17(23)21-7-13-9-22(10-14(13)8-21)18-19-5-4-16(20-18)24-3/h4-6,13-14H,7-10H2,1-3H3. The zero-order valence-corrected chi connectivity index (χ0v) is 14.7. The highest BCUT2D eigenvalue weighted by Crippen LogP contribution is 2.34. The van der Waals surface area contributed by atoms with Gasteiger partial charge < -0.3 is 19.0 Å². The van der Waals surface area contributed by atoms with E-state index >= 15 is 0 Å². The number of likely N-dealkylation sites (tertiary alicyclic amines) is 1. The number of nitrogens with zero attached hydrogens (tertiary/aromatic N) is 4. The lowest BCUT2D eigenvalue weighted by Crippen LogP contribution is -2.33. The number of hydrogen-bond donors (Lipinski definition) is 0. The van der Waals surface area contributed by atoms with Crippen LogP contribution in [0.5, 0.6) is 5.88 Å². The molecule has 2 atom stereocenters. The predicted octanol–water partition coefficient (Wildman–Crippen LogP) is 1.90. The van der Waals surface area contributed by atoms with E-state index in [4.69, 9.17) is 9.15 Å². The number of amides is 1. The van der Waals surface area contributed by atoms with Crippen molar-refractivity contribution in [2.75, 3.05) is 38.2 Å². The molecule has 2 aromatic heterocycles. The number of carbonyl (C=O) groups excluding carboxylic acids is 1. The van der Waals surface area contributed by atoms with Gasteiger partial charge in [0.2, 0.25) is 11.8 Å². The summed E-state index contributed by atoms with van der Waals surface area (Å²) in [5.41, 5.74) is 0.686. The Kier molecular flexibility index (Phi) is 3.86. The van der Waals surface area contributed by atoms with Crippen molar-refractivity contribution in [3.63, 3.8) is 0 Å². The molecule has 0 saturated carbocycles. The molecule has 0 bridgehead atoms. The van der Waals surface area contributed by atoms with Gasteiger partial charge in [0, 0.05) is 50.3 Å². The van der Waals surface area contributed by atoms with Crippen molar-refractivity contribution in [1.82, 2.24) is 14.9 Å². The molecule has 2 fully saturated rings. The number of aromatic nitrogens is 2. The Bertz CT molecular complexity index is 789. The van der Waals surface area contributed by atoms with Crippen molar-refractivity contribution in [2.45, 2.75) is 13.8 Å². The summed E-state index contributed by atoms with van der Waals surface area (Å²) in [6.45, 7) is 6.99. The van der Waals surface area contributed by atoms with Crippen LogP contribution >= 0.6 is 0 Å². The Hall–Kier alpha value is -2.57. The Labute approximate surface area is 146 Å². The van der Waals surface area contributed by atoms with Gasteiger partial charge in [-0.15, -0.1) is 0 Å². The molecule has 7 nitrogen and oxygen atoms in total. The molecule has 0 radical (unpaired) electrons. The minimum Gasteiger partial charge on any atom is -0.481 e. The van der Waals surface area contributed by atoms with Crippen molar-refractivity contribution >= 4 is 11.9 Å². The number of ether oxygens (including phenoxy) is 1. The van der Waals surface area contributed by atoms with E-state index < -0.39 is 0 Å². The van der Waals surface area contributed by atoms with E-state index in [9.17, 15) is 4.79 Å². The van der Waals surface area contributed by atoms with Gasteiger partial charge in [-0.05, 0) is 19.9 Å². The van der Waals surface area contributed by atoms with E-state index in [1.807, 2.05) is 24.8 Å². The van der Waals surface area contributed by atoms with Crippen LogP contribution in [0, 0.1) is 25.7 Å². The highest BCUT2D eigenvalue weighted by molar-refractivity contribution is 5.95. The zero-order chi connectivity index (χ0) is 17.6. The molecule has 7 heteroatoms. The summed E-state index contributed by atoms with van der Waals surface area (Å²) < 4.78 is 10.7. The first-order valence-corrected chi connectivity index (χ1v) is 8.53. The smallest absolute Gasteiger partial charge is 0.257 e. The summed E-state index contributed by atoms with van der Waals surface area (Å²) in [7, 11) is 1.61. The van der Waals surface area contributed by atoms with Crippen LogP contribution in [0.3, 0.4) is 0 Å². The average Bonchev–Trinajstić information content (AvgIpc) is 3.26. The van der Waals surface area contributed by atoms with Gasteiger partial charge >= 0.3 is 0 Å². The number of rotatable bonds is 3. The maximum Gasteiger partial charge on any atom is 0.257 e. The molecule has 25 heavy (non-hydrogen) atoms. The molecule has 2 unspecified atom stereocenters. The van der Waals surface area contributed by atoms with E-state index in [1.165, 1.54) is 0 Å². The third-order valence-electron chi connectivity index (χ3n) is 5.15. The second-order valence-electron chi connectivity index (χ2n) is 6.86. The maximum absolute atomic E-state index is 12.8. The number of fused-ring (bicyclic) bond motifs is 1. The minimum absolute atomic E-state index is 0.0768. The SMILES string of the molecule is COc1ccnc(N2CC3CN(C(=O)c4cc(C)oc4C)CC3C2)n1. The van der Waals surface area contributed by atoms with Gasteiger partial charge in [-0.3, -0.25) is 4.79 Å². The molecule has 2 saturated heterocycles. The molecule has 4 rings (SSSR count). The second-order valence-corrected chi connectivity index (χ2v) is 6.86. The van der Waals surface area contributed by atoms with Gasteiger partial charge in [-0.1, -0.05) is 0 Å². The molecule has 0 spiro atoms. The molecular weight excluding hydrogens is 320 g/mol. The van der Waals surface area contributed by atoms with E-state index in [2.05, 4.69) is 14.9 Å². The molecule has 2 aromatic rings. The maximum atomic E-state index is 12.8. The van der Waals surface area contributed by atoms with Gasteiger partial charge in [0.25, 0.3) is 5.91 Å². The molecule has 2 aliphatic heterocycles. The van der Waals surface area contributed by atoms with Crippen LogP contribution in [-0.2, 0) is 0 Å². The Balaban J connectivity index is 1.43. The molecular formula is C18H22N4O3. The normalized spacial score (nSPS) is 22.4. The first kappa shape index (κ1) is 15.9. The lowest BCUT2D eigenvalue weighted by Gasteiger charge is -2.21. The highest BCUT2D eigenvalue weighted by Gasteiger charge is 2.42. The Morgan fingerprint density at radius 1 is 1.24 bits per heavy atom. The summed E-state index contributed by atoms with van der Waals surface area (Å²) in [5.74, 6) is 3.73. The van der Waals surface area contributed by atoms with Crippen LogP contribution < -0.4 is 9.64 Å². The quantitative estimate of drug-likeness (QED) is 0.848. The highest BCUT2D eigenvalue weighted by atomic mass is 16.5. The van der Waals surface area contributed by atoms with Crippen LogP contribution in [0.4, 0.5) is 5.95 Å². The Morgan fingerprint density at radius 2 is 1.96 bits per heavy atom. The van der Waals surface area contributed by atoms with E-state index in [-0.39, 0.29) is 5.91 Å². The number of furan rings is 1. The summed E-state index contributed by atoms with van der Waals surface area (Å²) >= 11 is 0. The van der Waals surface area contributed by atoms with Gasteiger partial charge in [0.15, 0.2) is 0 Å². The molecule has 1 amide bonds. The minimum atomic E-state index is 0.0768. The fourth-order valence-electron chi connectivity index (χ4n) is 3.93. The molecule has 2 aliphatic rings. The van der Waals surface area contributed by atoms with Crippen LogP contribution in [0.1, 0.15) is 21.9 Å². The number of carbonyl (C=O) groups is 1. The molecule has 0 aliphatic carbocycles. The monoisotopic (exact) mass is 342 g/mol. The van der Waals surface area contributed by atoms with Crippen molar-refractivity contribution in [2.24, 2.45) is 11.8 Å². The first-order valence-electron chi connectivity index (χ1n) is 8.53. The largest absolute Gasteiger partial charge is 0.481 e. The van der Waals surface area contributed by atoms with E-state index in [0.717, 1.165) is 31.9 Å². The van der Waals surface area contributed by atoms with Crippen molar-refractivity contribution < 1.29 is 13.9 Å². The van der Waals surface area contributed by atoms with Crippen molar-refractivity contribution in [3.8, 4) is 5.88 Å². The third kappa shape index (κ3) is 2.83. The average molecular weight is 342 g/mol. The first-order chi connectivity index (χ1) is 12.0. The lowest BCUT2D eigenvalue weighted by atomic mass is 10.0. The van der Waals surface area contributed by atoms with Crippen LogP contribution in [-0.4, -0.2) is 54.1 Å². The van der Waals surface area contributed by atoms with Gasteiger partial charge in [0.05, 0.1) is 12.7 Å². The number of anilines is 1. The zero-order valence-electron chi connectivity index (χ0n) is 14.7. The third-order valence-corrected chi connectivity index (χ3v) is 5.15. The predicted molar refractivity (Wildman–Crippen MR) is 91.9 cm³/mol. The number of aryl methyl sites for hydroxylation is 2. The fourth-order valence-corrected chi connectivity index (χ4v) is 3.93. The van der Waals surface area contributed by atoms with Gasteiger partial charge in [0.1, 0.15) is 11.5 Å². The summed E-state index contributed by atoms with van der Waals surface area (Å²) in [4.78, 5) is 25.7. The molecule has 0 N–H and O–H groups in total. The van der Waals surface area contributed by atoms with E-state index in [0.29, 0.717) is 35.0 Å². The number of methoxy groups -OCH3 is 1. The Morgan fingerprint density at radius 3 is 2.56 bits per heavy atom. The lowest BCUT2D eigenvalue weighted by molar-refractivity contribution is 0.0781. The van der Waals surface area contributed by atoms with Crippen LogP contribution in [0.15, 0.2) is 22.7 Å². The topological polar surface area (TPSA) is 71.7 Å². The summed E-state index contributed by atoms with van der Waals surface area (Å²) in [5, 5.41) is 0. The van der Waals surface area contributed by atoms with Crippen molar-refractivity contribution in [3.05, 3.63) is 35.4 Å². The number of hydrogen-bond acceptors (Lipinski definition) is 6. The summed E-state index contributed by atoms with van der Waals surface area (Å²) in [6.07, 6.45) is 1.72. The van der Waals surface area contributed by atoms with Crippen LogP contribution in [0.2, 0.25) is 0 Å². The fraction of sp³-hybridized carbons (Fsp3) is 0.500. The summed E-state index contributed by atoms with van der Waals surface area (Å²) in [6, 6.07) is 3.58. The molecule has 4 heterocycles. The van der Waals surface area contributed by atoms with Gasteiger partial charge in [-0.25, -0.2) is 4.98 Å². The van der Waals surface area contributed by atoms with Crippen molar-refractivity contribution in [1.29, 1.82) is 0 Å². The van der Waals surface area contributed by atoms with Crippen LogP contribution in [0.25, 0.3) is 0 Å².